The standard InChI is InChI=1S/C15H22N2O4/c1-10(14(18)19)5-4-6-11(2)17-12-7-8-16-13(9-12)15(20)21-3/h7-11H,4-6H2,1-3H3,(H,16,17)(H,18,19). The maximum Gasteiger partial charge on any atom is 0.356 e. The highest BCUT2D eigenvalue weighted by Crippen LogP contribution is 2.14. The SMILES string of the molecule is COC(=O)c1cc(NC(C)CCCC(C)C(=O)O)ccn1. The van der Waals surface area contributed by atoms with Gasteiger partial charge in [-0.25, -0.2) is 9.78 Å². The molecule has 6 nitrogen and oxygen atoms in total. The normalized spacial score (nSPS) is 13.3. The van der Waals surface area contributed by atoms with E-state index in [0.29, 0.717) is 6.42 Å². The molecule has 1 heterocycles. The van der Waals surface area contributed by atoms with Gasteiger partial charge in [-0.1, -0.05) is 13.3 Å². The van der Waals surface area contributed by atoms with E-state index in [1.165, 1.54) is 7.11 Å². The number of rotatable bonds is 8. The van der Waals surface area contributed by atoms with Gasteiger partial charge in [-0.15, -0.1) is 0 Å². The number of esters is 1. The van der Waals surface area contributed by atoms with Crippen LogP contribution in [-0.2, 0) is 9.53 Å². The Balaban J connectivity index is 2.46. The average Bonchev–Trinajstić information content (AvgIpc) is 2.46. The fraction of sp³-hybridized carbons (Fsp3) is 0.533. The second-order valence-electron chi connectivity index (χ2n) is 5.14. The molecule has 0 radical (unpaired) electrons. The van der Waals surface area contributed by atoms with E-state index in [1.54, 1.807) is 25.3 Å². The highest BCUT2D eigenvalue weighted by Gasteiger charge is 2.12. The molecule has 0 aliphatic rings. The van der Waals surface area contributed by atoms with Crippen molar-refractivity contribution in [3.8, 4) is 0 Å². The number of methoxy groups -OCH3 is 1. The van der Waals surface area contributed by atoms with Gasteiger partial charge in [-0.3, -0.25) is 4.79 Å². The van der Waals surface area contributed by atoms with Crippen molar-refractivity contribution in [3.05, 3.63) is 24.0 Å². The number of carboxylic acids is 1. The van der Waals surface area contributed by atoms with E-state index in [0.717, 1.165) is 18.5 Å². The number of anilines is 1. The van der Waals surface area contributed by atoms with Crippen molar-refractivity contribution in [2.24, 2.45) is 5.92 Å². The molecule has 0 saturated heterocycles. The minimum atomic E-state index is -0.757. The van der Waals surface area contributed by atoms with Crippen molar-refractivity contribution in [1.82, 2.24) is 4.98 Å². The van der Waals surface area contributed by atoms with E-state index in [2.05, 4.69) is 15.0 Å². The van der Waals surface area contributed by atoms with Gasteiger partial charge in [0.2, 0.25) is 0 Å². The van der Waals surface area contributed by atoms with Crippen LogP contribution in [0.15, 0.2) is 18.3 Å². The minimum absolute atomic E-state index is 0.180. The molecule has 2 N–H and O–H groups in total. The molecular weight excluding hydrogens is 272 g/mol. The molecule has 0 aliphatic carbocycles. The number of carbonyl (C=O) groups excluding carboxylic acids is 1. The van der Waals surface area contributed by atoms with Crippen molar-refractivity contribution in [1.29, 1.82) is 0 Å². The van der Waals surface area contributed by atoms with Crippen molar-refractivity contribution >= 4 is 17.6 Å². The van der Waals surface area contributed by atoms with E-state index < -0.39 is 11.9 Å². The smallest absolute Gasteiger partial charge is 0.356 e. The number of hydrogen-bond donors (Lipinski definition) is 2. The van der Waals surface area contributed by atoms with Crippen LogP contribution in [0.3, 0.4) is 0 Å². The summed E-state index contributed by atoms with van der Waals surface area (Å²) < 4.78 is 4.63. The third-order valence-electron chi connectivity index (χ3n) is 3.26. The van der Waals surface area contributed by atoms with Crippen LogP contribution in [0, 0.1) is 5.92 Å². The molecule has 0 spiro atoms. The third kappa shape index (κ3) is 5.81. The quantitative estimate of drug-likeness (QED) is 0.716. The maximum atomic E-state index is 11.4. The largest absolute Gasteiger partial charge is 0.481 e. The van der Waals surface area contributed by atoms with Crippen LogP contribution in [0.25, 0.3) is 0 Å². The van der Waals surface area contributed by atoms with Crippen LogP contribution in [-0.4, -0.2) is 35.2 Å². The Bertz CT molecular complexity index is 490. The Morgan fingerprint density at radius 2 is 2.10 bits per heavy atom. The number of carboxylic acid groups (broad SMARTS) is 1. The first kappa shape index (κ1) is 16.9. The Kier molecular flexibility index (Phi) is 6.65. The number of aromatic nitrogens is 1. The molecule has 0 fully saturated rings. The lowest BCUT2D eigenvalue weighted by atomic mass is 10.0. The number of hydrogen-bond acceptors (Lipinski definition) is 5. The summed E-state index contributed by atoms with van der Waals surface area (Å²) in [6.07, 6.45) is 3.89. The zero-order chi connectivity index (χ0) is 15.8. The summed E-state index contributed by atoms with van der Waals surface area (Å²) >= 11 is 0. The molecule has 1 aromatic rings. The summed E-state index contributed by atoms with van der Waals surface area (Å²) in [7, 11) is 1.32. The second kappa shape index (κ2) is 8.24. The molecule has 1 aromatic heterocycles. The zero-order valence-electron chi connectivity index (χ0n) is 12.6. The second-order valence-corrected chi connectivity index (χ2v) is 5.14. The van der Waals surface area contributed by atoms with E-state index in [4.69, 9.17) is 5.11 Å². The monoisotopic (exact) mass is 294 g/mol. The number of nitrogens with one attached hydrogen (secondary N) is 1. The Morgan fingerprint density at radius 3 is 2.71 bits per heavy atom. The molecule has 21 heavy (non-hydrogen) atoms. The van der Waals surface area contributed by atoms with Gasteiger partial charge < -0.3 is 15.2 Å². The summed E-state index contributed by atoms with van der Waals surface area (Å²) in [5.74, 6) is -1.54. The summed E-state index contributed by atoms with van der Waals surface area (Å²) in [5.41, 5.74) is 1.05. The summed E-state index contributed by atoms with van der Waals surface area (Å²) in [6.45, 7) is 3.73. The van der Waals surface area contributed by atoms with Crippen molar-refractivity contribution < 1.29 is 19.4 Å². The number of pyridine rings is 1. The predicted octanol–water partition coefficient (Wildman–Crippen LogP) is 2.56. The Hall–Kier alpha value is -2.11. The van der Waals surface area contributed by atoms with Gasteiger partial charge in [0.05, 0.1) is 13.0 Å². The first-order valence-electron chi connectivity index (χ1n) is 6.97. The lowest BCUT2D eigenvalue weighted by Crippen LogP contribution is -2.17. The van der Waals surface area contributed by atoms with Crippen molar-refractivity contribution in [3.63, 3.8) is 0 Å². The highest BCUT2D eigenvalue weighted by atomic mass is 16.5. The molecule has 0 aliphatic heterocycles. The number of carbonyl (C=O) groups is 2. The summed E-state index contributed by atoms with van der Waals surface area (Å²) in [5, 5.41) is 12.1. The summed E-state index contributed by atoms with van der Waals surface area (Å²) in [4.78, 5) is 26.1. The van der Waals surface area contributed by atoms with Gasteiger partial charge in [0.15, 0.2) is 0 Å². The topological polar surface area (TPSA) is 88.5 Å². The molecule has 0 amide bonds. The lowest BCUT2D eigenvalue weighted by molar-refractivity contribution is -0.141. The van der Waals surface area contributed by atoms with Gasteiger partial charge in [-0.2, -0.15) is 0 Å². The van der Waals surface area contributed by atoms with E-state index >= 15 is 0 Å². The third-order valence-corrected chi connectivity index (χ3v) is 3.26. The minimum Gasteiger partial charge on any atom is -0.481 e. The number of aliphatic carboxylic acids is 1. The van der Waals surface area contributed by atoms with Gasteiger partial charge in [-0.05, 0) is 31.9 Å². The average molecular weight is 294 g/mol. The van der Waals surface area contributed by atoms with Crippen LogP contribution in [0.5, 0.6) is 0 Å². The van der Waals surface area contributed by atoms with E-state index in [9.17, 15) is 9.59 Å². The zero-order valence-corrected chi connectivity index (χ0v) is 12.6. The Labute approximate surface area is 124 Å². The lowest BCUT2D eigenvalue weighted by Gasteiger charge is -2.16. The highest BCUT2D eigenvalue weighted by molar-refractivity contribution is 5.88. The van der Waals surface area contributed by atoms with E-state index in [1.807, 2.05) is 6.92 Å². The molecule has 0 bridgehead atoms. The predicted molar refractivity (Wildman–Crippen MR) is 79.3 cm³/mol. The first-order chi connectivity index (χ1) is 9.93. The fourth-order valence-corrected chi connectivity index (χ4v) is 1.95. The van der Waals surface area contributed by atoms with Gasteiger partial charge >= 0.3 is 11.9 Å². The molecular formula is C15H22N2O4. The van der Waals surface area contributed by atoms with Gasteiger partial charge in [0.1, 0.15) is 5.69 Å². The van der Waals surface area contributed by atoms with Gasteiger partial charge in [0.25, 0.3) is 0 Å². The molecule has 1 rings (SSSR count). The van der Waals surface area contributed by atoms with Crippen molar-refractivity contribution in [2.45, 2.75) is 39.2 Å². The number of ether oxygens (including phenoxy) is 1. The molecule has 0 saturated carbocycles. The Morgan fingerprint density at radius 1 is 1.38 bits per heavy atom. The van der Waals surface area contributed by atoms with E-state index in [-0.39, 0.29) is 17.7 Å². The van der Waals surface area contributed by atoms with Crippen LogP contribution < -0.4 is 5.32 Å². The van der Waals surface area contributed by atoms with Crippen LogP contribution in [0.4, 0.5) is 5.69 Å². The van der Waals surface area contributed by atoms with Crippen LogP contribution in [0.1, 0.15) is 43.6 Å². The number of nitrogens with zero attached hydrogens (tertiary/aromatic N) is 1. The van der Waals surface area contributed by atoms with Crippen LogP contribution in [0.2, 0.25) is 0 Å². The maximum absolute atomic E-state index is 11.4. The summed E-state index contributed by atoms with van der Waals surface area (Å²) in [6, 6.07) is 3.60. The molecule has 116 valence electrons. The van der Waals surface area contributed by atoms with Gasteiger partial charge in [0, 0.05) is 17.9 Å². The molecule has 0 aromatic carbocycles. The molecule has 6 heteroatoms. The van der Waals surface area contributed by atoms with Crippen molar-refractivity contribution in [2.75, 3.05) is 12.4 Å². The first-order valence-corrected chi connectivity index (χ1v) is 6.97. The fourth-order valence-electron chi connectivity index (χ4n) is 1.95. The van der Waals surface area contributed by atoms with Crippen LogP contribution >= 0.6 is 0 Å². The molecule has 2 unspecified atom stereocenters. The molecule has 2 atom stereocenters.